The minimum absolute atomic E-state index is 0.0239. The molecule has 2 fully saturated rings. The number of rotatable bonds is 5. The average molecular weight is 285 g/mol. The molecule has 2 heterocycles. The van der Waals surface area contributed by atoms with Crippen LogP contribution in [0.1, 0.15) is 6.92 Å². The van der Waals surface area contributed by atoms with E-state index in [1.807, 2.05) is 11.8 Å². The molecule has 114 valence electrons. The zero-order valence-corrected chi connectivity index (χ0v) is 12.2. The van der Waals surface area contributed by atoms with Crippen molar-refractivity contribution in [2.24, 2.45) is 0 Å². The Labute approximate surface area is 119 Å². The SMILES string of the molecule is COC(=O)CN1CCN(C(=O)COC2(C)CNC2)CC1. The molecule has 20 heavy (non-hydrogen) atoms. The molecule has 2 saturated heterocycles. The van der Waals surface area contributed by atoms with Crippen molar-refractivity contribution in [2.75, 3.05) is 59.5 Å². The smallest absolute Gasteiger partial charge is 0.319 e. The average Bonchev–Trinajstić information content (AvgIpc) is 2.43. The molecule has 0 unspecified atom stereocenters. The van der Waals surface area contributed by atoms with E-state index in [-0.39, 0.29) is 24.1 Å². The Morgan fingerprint density at radius 2 is 1.85 bits per heavy atom. The molecule has 1 N–H and O–H groups in total. The highest BCUT2D eigenvalue weighted by Crippen LogP contribution is 2.15. The lowest BCUT2D eigenvalue weighted by atomic mass is 10.0. The predicted molar refractivity (Wildman–Crippen MR) is 72.3 cm³/mol. The van der Waals surface area contributed by atoms with E-state index in [9.17, 15) is 9.59 Å². The summed E-state index contributed by atoms with van der Waals surface area (Å²) in [7, 11) is 1.38. The summed E-state index contributed by atoms with van der Waals surface area (Å²) in [6.45, 7) is 6.68. The molecule has 2 aliphatic heterocycles. The van der Waals surface area contributed by atoms with Crippen LogP contribution in [-0.4, -0.2) is 86.8 Å². The number of nitrogens with zero attached hydrogens (tertiary/aromatic N) is 2. The highest BCUT2D eigenvalue weighted by atomic mass is 16.5. The summed E-state index contributed by atoms with van der Waals surface area (Å²) in [6, 6.07) is 0. The molecule has 0 aromatic heterocycles. The van der Waals surface area contributed by atoms with Crippen molar-refractivity contribution in [3.63, 3.8) is 0 Å². The van der Waals surface area contributed by atoms with Gasteiger partial charge in [0.25, 0.3) is 0 Å². The topological polar surface area (TPSA) is 71.1 Å². The third-order valence-electron chi connectivity index (χ3n) is 3.85. The fourth-order valence-electron chi connectivity index (χ4n) is 2.31. The van der Waals surface area contributed by atoms with E-state index in [0.29, 0.717) is 32.7 Å². The van der Waals surface area contributed by atoms with Crippen LogP contribution in [-0.2, 0) is 19.1 Å². The number of esters is 1. The van der Waals surface area contributed by atoms with Crippen LogP contribution in [0.3, 0.4) is 0 Å². The second-order valence-corrected chi connectivity index (χ2v) is 5.58. The Balaban J connectivity index is 1.67. The van der Waals surface area contributed by atoms with E-state index >= 15 is 0 Å². The quantitative estimate of drug-likeness (QED) is 0.632. The Hall–Kier alpha value is -1.18. The summed E-state index contributed by atoms with van der Waals surface area (Å²) in [4.78, 5) is 27.0. The molecule has 7 nitrogen and oxygen atoms in total. The summed E-state index contributed by atoms with van der Waals surface area (Å²) in [6.07, 6.45) is 0. The first kappa shape index (κ1) is 15.2. The minimum Gasteiger partial charge on any atom is -0.468 e. The first-order chi connectivity index (χ1) is 9.52. The van der Waals surface area contributed by atoms with Crippen LogP contribution in [0, 0.1) is 0 Å². The van der Waals surface area contributed by atoms with Gasteiger partial charge in [-0.25, -0.2) is 0 Å². The summed E-state index contributed by atoms with van der Waals surface area (Å²) in [5.74, 6) is -0.214. The predicted octanol–water partition coefficient (Wildman–Crippen LogP) is -1.32. The van der Waals surface area contributed by atoms with Gasteiger partial charge in [0.2, 0.25) is 5.91 Å². The van der Waals surface area contributed by atoms with Gasteiger partial charge >= 0.3 is 5.97 Å². The van der Waals surface area contributed by atoms with Crippen LogP contribution in [0.2, 0.25) is 0 Å². The normalized spacial score (nSPS) is 22.2. The number of piperazine rings is 1. The van der Waals surface area contributed by atoms with Gasteiger partial charge in [0, 0.05) is 39.3 Å². The molecule has 1 amide bonds. The van der Waals surface area contributed by atoms with Gasteiger partial charge in [-0.1, -0.05) is 0 Å². The molecule has 0 saturated carbocycles. The van der Waals surface area contributed by atoms with E-state index < -0.39 is 0 Å². The molecular formula is C13H23N3O4. The molecule has 0 atom stereocenters. The Morgan fingerprint density at radius 3 is 2.35 bits per heavy atom. The van der Waals surface area contributed by atoms with Crippen LogP contribution in [0.4, 0.5) is 0 Å². The van der Waals surface area contributed by atoms with Crippen molar-refractivity contribution in [1.82, 2.24) is 15.1 Å². The standard InChI is InChI=1S/C13H23N3O4/c1-13(9-14-10-13)20-8-11(17)16-5-3-15(4-6-16)7-12(18)19-2/h14H,3-10H2,1-2H3. The number of carbonyl (C=O) groups excluding carboxylic acids is 2. The Bertz CT molecular complexity index is 363. The first-order valence-electron chi connectivity index (χ1n) is 6.94. The number of hydrogen-bond donors (Lipinski definition) is 1. The van der Waals surface area contributed by atoms with Crippen LogP contribution in [0.5, 0.6) is 0 Å². The molecule has 0 spiro atoms. The number of hydrogen-bond acceptors (Lipinski definition) is 6. The lowest BCUT2D eigenvalue weighted by Gasteiger charge is -2.40. The lowest BCUT2D eigenvalue weighted by Crippen LogP contribution is -2.60. The van der Waals surface area contributed by atoms with Gasteiger partial charge in [0.1, 0.15) is 6.61 Å². The maximum absolute atomic E-state index is 12.0. The van der Waals surface area contributed by atoms with Crippen LogP contribution in [0.25, 0.3) is 0 Å². The fraction of sp³-hybridized carbons (Fsp3) is 0.846. The third kappa shape index (κ3) is 3.91. The monoisotopic (exact) mass is 285 g/mol. The molecule has 0 aromatic rings. The summed E-state index contributed by atoms with van der Waals surface area (Å²) >= 11 is 0. The van der Waals surface area contributed by atoms with Crippen LogP contribution in [0.15, 0.2) is 0 Å². The molecule has 0 aliphatic carbocycles. The molecule has 0 aromatic carbocycles. The number of ether oxygens (including phenoxy) is 2. The van der Waals surface area contributed by atoms with Crippen molar-refractivity contribution in [3.05, 3.63) is 0 Å². The van der Waals surface area contributed by atoms with E-state index in [4.69, 9.17) is 4.74 Å². The first-order valence-corrected chi connectivity index (χ1v) is 6.94. The van der Waals surface area contributed by atoms with E-state index in [1.54, 1.807) is 4.90 Å². The van der Waals surface area contributed by atoms with E-state index in [2.05, 4.69) is 10.1 Å². The van der Waals surface area contributed by atoms with Crippen molar-refractivity contribution >= 4 is 11.9 Å². The van der Waals surface area contributed by atoms with Gasteiger partial charge in [-0.3, -0.25) is 14.5 Å². The highest BCUT2D eigenvalue weighted by molar-refractivity contribution is 5.77. The number of carbonyl (C=O) groups is 2. The van der Waals surface area contributed by atoms with Crippen LogP contribution >= 0.6 is 0 Å². The maximum atomic E-state index is 12.0. The molecular weight excluding hydrogens is 262 g/mol. The van der Waals surface area contributed by atoms with Crippen molar-refractivity contribution in [1.29, 1.82) is 0 Å². The Morgan fingerprint density at radius 1 is 1.20 bits per heavy atom. The van der Waals surface area contributed by atoms with Gasteiger partial charge < -0.3 is 19.7 Å². The summed E-state index contributed by atoms with van der Waals surface area (Å²) in [5.41, 5.74) is -0.192. The second-order valence-electron chi connectivity index (χ2n) is 5.58. The van der Waals surface area contributed by atoms with Gasteiger partial charge in [-0.05, 0) is 6.92 Å². The third-order valence-corrected chi connectivity index (χ3v) is 3.85. The zero-order valence-electron chi connectivity index (χ0n) is 12.2. The van der Waals surface area contributed by atoms with Gasteiger partial charge in [-0.15, -0.1) is 0 Å². The van der Waals surface area contributed by atoms with Gasteiger partial charge in [-0.2, -0.15) is 0 Å². The lowest BCUT2D eigenvalue weighted by molar-refractivity contribution is -0.148. The summed E-state index contributed by atoms with van der Waals surface area (Å²) < 4.78 is 10.3. The molecule has 2 rings (SSSR count). The Kier molecular flexibility index (Phi) is 4.95. The molecule has 0 bridgehead atoms. The molecule has 7 heteroatoms. The largest absolute Gasteiger partial charge is 0.468 e. The molecule has 0 radical (unpaired) electrons. The molecule has 2 aliphatic rings. The van der Waals surface area contributed by atoms with Crippen molar-refractivity contribution < 1.29 is 19.1 Å². The number of amides is 1. The van der Waals surface area contributed by atoms with Gasteiger partial charge in [0.15, 0.2) is 0 Å². The van der Waals surface area contributed by atoms with Gasteiger partial charge in [0.05, 0.1) is 19.3 Å². The zero-order chi connectivity index (χ0) is 14.6. The second kappa shape index (κ2) is 6.51. The highest BCUT2D eigenvalue weighted by Gasteiger charge is 2.34. The van der Waals surface area contributed by atoms with E-state index in [0.717, 1.165) is 13.1 Å². The van der Waals surface area contributed by atoms with Crippen LogP contribution < -0.4 is 5.32 Å². The van der Waals surface area contributed by atoms with E-state index in [1.165, 1.54) is 7.11 Å². The number of methoxy groups -OCH3 is 1. The number of nitrogens with one attached hydrogen (secondary N) is 1. The summed E-state index contributed by atoms with van der Waals surface area (Å²) in [5, 5.41) is 3.13. The minimum atomic E-state index is -0.237. The van der Waals surface area contributed by atoms with Crippen molar-refractivity contribution in [2.45, 2.75) is 12.5 Å². The fourth-order valence-corrected chi connectivity index (χ4v) is 2.31. The maximum Gasteiger partial charge on any atom is 0.319 e. The van der Waals surface area contributed by atoms with Crippen molar-refractivity contribution in [3.8, 4) is 0 Å².